The quantitative estimate of drug-likeness (QED) is 0.723. The van der Waals surface area contributed by atoms with Gasteiger partial charge >= 0.3 is 0 Å². The van der Waals surface area contributed by atoms with Crippen molar-refractivity contribution in [3.8, 4) is 5.75 Å². The normalized spacial score (nSPS) is 13.3. The lowest BCUT2D eigenvalue weighted by molar-refractivity contribution is -0.117. The summed E-state index contributed by atoms with van der Waals surface area (Å²) in [5.41, 5.74) is 1.52. The summed E-state index contributed by atoms with van der Waals surface area (Å²) in [6.07, 6.45) is 0.542. The molecule has 7 nitrogen and oxygen atoms in total. The Morgan fingerprint density at radius 2 is 2.07 bits per heavy atom. The van der Waals surface area contributed by atoms with E-state index in [4.69, 9.17) is 4.74 Å². The van der Waals surface area contributed by atoms with E-state index in [0.717, 1.165) is 18.4 Å². The predicted octanol–water partition coefficient (Wildman–Crippen LogP) is 2.71. The molecular formula is C19H20F2N4O3. The van der Waals surface area contributed by atoms with Gasteiger partial charge < -0.3 is 10.1 Å². The summed E-state index contributed by atoms with van der Waals surface area (Å²) in [5, 5.41) is 5.31. The number of nitrogens with zero attached hydrogens (tertiary/aromatic N) is 2. The fourth-order valence-corrected chi connectivity index (χ4v) is 2.53. The van der Waals surface area contributed by atoms with Crippen molar-refractivity contribution >= 4 is 17.8 Å². The van der Waals surface area contributed by atoms with Crippen LogP contribution in [-0.2, 0) is 11.3 Å². The number of anilines is 1. The number of ether oxygens (including phenoxy) is 1. The van der Waals surface area contributed by atoms with Gasteiger partial charge in [0.15, 0.2) is 0 Å². The maximum absolute atomic E-state index is 12.4. The van der Waals surface area contributed by atoms with Crippen molar-refractivity contribution in [2.75, 3.05) is 11.9 Å². The van der Waals surface area contributed by atoms with Gasteiger partial charge in [-0.2, -0.15) is 0 Å². The summed E-state index contributed by atoms with van der Waals surface area (Å²) in [5.74, 6) is -0.151. The molecule has 1 aliphatic rings. The highest BCUT2D eigenvalue weighted by Gasteiger charge is 2.30. The number of halogens is 2. The predicted molar refractivity (Wildman–Crippen MR) is 97.2 cm³/mol. The highest BCUT2D eigenvalue weighted by Crippen LogP contribution is 2.29. The van der Waals surface area contributed by atoms with Gasteiger partial charge in [0.25, 0.3) is 12.3 Å². The van der Waals surface area contributed by atoms with E-state index in [2.05, 4.69) is 20.6 Å². The maximum Gasteiger partial charge on any atom is 0.272 e. The monoisotopic (exact) mass is 390 g/mol. The molecule has 2 aromatic rings. The number of hydrogen-bond donors (Lipinski definition) is 2. The Morgan fingerprint density at radius 1 is 1.29 bits per heavy atom. The lowest BCUT2D eigenvalue weighted by Gasteiger charge is -2.13. The summed E-state index contributed by atoms with van der Waals surface area (Å²) in [4.78, 5) is 32.2. The Bertz CT molecular complexity index is 872. The second-order valence-corrected chi connectivity index (χ2v) is 6.45. The molecule has 1 aromatic heterocycles. The van der Waals surface area contributed by atoms with Crippen molar-refractivity contribution in [3.05, 3.63) is 47.3 Å². The van der Waals surface area contributed by atoms with Crippen LogP contribution in [0.15, 0.2) is 30.5 Å². The van der Waals surface area contributed by atoms with E-state index in [-0.39, 0.29) is 30.0 Å². The molecule has 2 N–H and O–H groups in total. The van der Waals surface area contributed by atoms with Crippen LogP contribution in [0.25, 0.3) is 0 Å². The minimum Gasteiger partial charge on any atom is -0.487 e. The summed E-state index contributed by atoms with van der Waals surface area (Å²) < 4.78 is 29.8. The van der Waals surface area contributed by atoms with Crippen molar-refractivity contribution in [1.82, 2.24) is 15.3 Å². The minimum absolute atomic E-state index is 0.00336. The van der Waals surface area contributed by atoms with Gasteiger partial charge in [-0.3, -0.25) is 14.9 Å². The molecule has 1 aromatic carbocycles. The average Bonchev–Trinajstić information content (AvgIpc) is 3.51. The lowest BCUT2D eigenvalue weighted by Crippen LogP contribution is -2.25. The van der Waals surface area contributed by atoms with Gasteiger partial charge in [-0.15, -0.1) is 0 Å². The Morgan fingerprint density at radius 3 is 2.79 bits per heavy atom. The molecule has 1 aliphatic carbocycles. The van der Waals surface area contributed by atoms with Gasteiger partial charge in [-0.1, -0.05) is 12.1 Å². The molecule has 0 atom stereocenters. The number of carbonyl (C=O) groups excluding carboxylic acids is 2. The highest BCUT2D eigenvalue weighted by molar-refractivity contribution is 5.94. The van der Waals surface area contributed by atoms with Gasteiger partial charge in [0.05, 0.1) is 0 Å². The number of carbonyl (C=O) groups is 2. The Labute approximate surface area is 160 Å². The molecule has 0 bridgehead atoms. The second kappa shape index (κ2) is 8.73. The lowest BCUT2D eigenvalue weighted by atomic mass is 10.1. The van der Waals surface area contributed by atoms with E-state index in [1.54, 1.807) is 25.1 Å². The van der Waals surface area contributed by atoms with Gasteiger partial charge in [0, 0.05) is 18.7 Å². The van der Waals surface area contributed by atoms with Gasteiger partial charge in [0.1, 0.15) is 18.1 Å². The van der Waals surface area contributed by atoms with Crippen LogP contribution >= 0.6 is 0 Å². The molecule has 0 aliphatic heterocycles. The van der Waals surface area contributed by atoms with Crippen LogP contribution in [0.2, 0.25) is 0 Å². The molecule has 1 fully saturated rings. The maximum atomic E-state index is 12.4. The number of amides is 2. The number of aromatic nitrogens is 2. The second-order valence-electron chi connectivity index (χ2n) is 6.45. The van der Waals surface area contributed by atoms with Crippen LogP contribution in [0.1, 0.15) is 34.5 Å². The van der Waals surface area contributed by atoms with E-state index in [0.29, 0.717) is 11.3 Å². The SMILES string of the molecule is Cc1c(CNC(=O)c2ccnc(NC(=O)C3CC3)n2)cccc1OCC(F)F. The van der Waals surface area contributed by atoms with Gasteiger partial charge in [-0.25, -0.2) is 18.7 Å². The molecule has 0 saturated heterocycles. The Balaban J connectivity index is 1.61. The summed E-state index contributed by atoms with van der Waals surface area (Å²) in [6.45, 7) is 1.22. The van der Waals surface area contributed by atoms with Crippen LogP contribution in [0, 0.1) is 12.8 Å². The van der Waals surface area contributed by atoms with E-state index < -0.39 is 18.9 Å². The first kappa shape index (κ1) is 19.7. The first-order chi connectivity index (χ1) is 13.4. The third kappa shape index (κ3) is 5.21. The Hall–Kier alpha value is -3.10. The molecular weight excluding hydrogens is 370 g/mol. The molecule has 9 heteroatoms. The van der Waals surface area contributed by atoms with Crippen LogP contribution in [-0.4, -0.2) is 34.8 Å². The fourth-order valence-electron chi connectivity index (χ4n) is 2.53. The molecule has 1 heterocycles. The Kier molecular flexibility index (Phi) is 6.13. The summed E-state index contributed by atoms with van der Waals surface area (Å²) in [6, 6.07) is 6.48. The van der Waals surface area contributed by atoms with E-state index in [1.807, 2.05) is 0 Å². The topological polar surface area (TPSA) is 93.2 Å². The van der Waals surface area contributed by atoms with Gasteiger partial charge in [-0.05, 0) is 43.0 Å². The molecule has 28 heavy (non-hydrogen) atoms. The molecule has 2 amide bonds. The third-order valence-corrected chi connectivity index (χ3v) is 4.27. The van der Waals surface area contributed by atoms with Crippen LogP contribution < -0.4 is 15.4 Å². The standard InChI is InChI=1S/C19H20F2N4O3/c1-11-13(3-2-4-15(11)28-10-16(20)21)9-23-18(27)14-7-8-22-19(24-14)25-17(26)12-5-6-12/h2-4,7-8,12,16H,5-6,9-10H2,1H3,(H,23,27)(H,22,24,25,26). The fraction of sp³-hybridized carbons (Fsp3) is 0.368. The van der Waals surface area contributed by atoms with Crippen molar-refractivity contribution in [3.63, 3.8) is 0 Å². The number of rotatable bonds is 8. The average molecular weight is 390 g/mol. The third-order valence-electron chi connectivity index (χ3n) is 4.27. The van der Waals surface area contributed by atoms with Crippen LogP contribution in [0.4, 0.5) is 14.7 Å². The first-order valence-corrected chi connectivity index (χ1v) is 8.85. The first-order valence-electron chi connectivity index (χ1n) is 8.85. The number of hydrogen-bond acceptors (Lipinski definition) is 5. The zero-order valence-electron chi connectivity index (χ0n) is 15.2. The summed E-state index contributed by atoms with van der Waals surface area (Å²) in [7, 11) is 0. The molecule has 148 valence electrons. The number of alkyl halides is 2. The zero-order valence-corrected chi connectivity index (χ0v) is 15.2. The van der Waals surface area contributed by atoms with Crippen LogP contribution in [0.3, 0.4) is 0 Å². The molecule has 3 rings (SSSR count). The highest BCUT2D eigenvalue weighted by atomic mass is 19.3. The van der Waals surface area contributed by atoms with Crippen LogP contribution in [0.5, 0.6) is 5.75 Å². The van der Waals surface area contributed by atoms with Crippen molar-refractivity contribution in [2.24, 2.45) is 5.92 Å². The zero-order chi connectivity index (χ0) is 20.1. The molecule has 0 spiro atoms. The van der Waals surface area contributed by atoms with Gasteiger partial charge in [0.2, 0.25) is 11.9 Å². The number of nitrogens with one attached hydrogen (secondary N) is 2. The molecule has 0 radical (unpaired) electrons. The van der Waals surface area contributed by atoms with E-state index in [9.17, 15) is 18.4 Å². The van der Waals surface area contributed by atoms with Crippen molar-refractivity contribution < 1.29 is 23.1 Å². The minimum atomic E-state index is -2.56. The summed E-state index contributed by atoms with van der Waals surface area (Å²) >= 11 is 0. The smallest absolute Gasteiger partial charge is 0.272 e. The van der Waals surface area contributed by atoms with Crippen molar-refractivity contribution in [1.29, 1.82) is 0 Å². The molecule has 1 saturated carbocycles. The largest absolute Gasteiger partial charge is 0.487 e. The molecule has 0 unspecified atom stereocenters. The van der Waals surface area contributed by atoms with E-state index in [1.165, 1.54) is 12.3 Å². The van der Waals surface area contributed by atoms with E-state index >= 15 is 0 Å². The number of benzene rings is 1. The van der Waals surface area contributed by atoms with Crippen molar-refractivity contribution in [2.45, 2.75) is 32.7 Å².